The number of fused-ring (bicyclic) bond motifs is 1. The Balaban J connectivity index is 0.000000442. The van der Waals surface area contributed by atoms with Crippen molar-refractivity contribution in [3.05, 3.63) is 29.3 Å². The molecule has 0 spiro atoms. The predicted molar refractivity (Wildman–Crippen MR) is 72.9 cm³/mol. The van der Waals surface area contributed by atoms with Crippen molar-refractivity contribution in [2.75, 3.05) is 5.75 Å². The van der Waals surface area contributed by atoms with E-state index in [9.17, 15) is 0 Å². The number of hydrogen-bond acceptors (Lipinski definition) is 1. The first-order chi connectivity index (χ1) is 7.36. The summed E-state index contributed by atoms with van der Waals surface area (Å²) in [4.78, 5) is 1.50. The molecule has 0 aliphatic carbocycles. The second-order valence-corrected chi connectivity index (χ2v) is 4.20. The number of aryl methyl sites for hydroxylation is 2. The number of rotatable bonds is 0. The van der Waals surface area contributed by atoms with Crippen LogP contribution in [0.15, 0.2) is 23.1 Å². The fourth-order valence-corrected chi connectivity index (χ4v) is 2.51. The lowest BCUT2D eigenvalue weighted by Crippen LogP contribution is -1.97. The van der Waals surface area contributed by atoms with Crippen molar-refractivity contribution in [1.82, 2.24) is 0 Å². The van der Waals surface area contributed by atoms with Crippen molar-refractivity contribution in [1.29, 1.82) is 0 Å². The topological polar surface area (TPSA) is 0 Å². The fraction of sp³-hybridized carbons (Fsp3) is 0.571. The maximum Gasteiger partial charge on any atom is 0.0104 e. The normalized spacial score (nSPS) is 12.6. The van der Waals surface area contributed by atoms with Crippen molar-refractivity contribution in [3.8, 4) is 0 Å². The lowest BCUT2D eigenvalue weighted by atomic mass is 10.1. The van der Waals surface area contributed by atoms with Crippen molar-refractivity contribution < 1.29 is 0 Å². The van der Waals surface area contributed by atoms with Crippen LogP contribution in [0.1, 0.15) is 45.2 Å². The standard InChI is InChI=1S/C10H12S.2C2H6/c1-8-4-5-10-9(7-8)3-2-6-11-10;2*1-2/h4-5,7H,2-3,6H2,1H3;2*1-2H3. The lowest BCUT2D eigenvalue weighted by molar-refractivity contribution is 0.888. The summed E-state index contributed by atoms with van der Waals surface area (Å²) in [6.07, 6.45) is 2.63. The Bertz CT molecular complexity index is 266. The molecule has 0 amide bonds. The maximum atomic E-state index is 2.32. The van der Waals surface area contributed by atoms with Gasteiger partial charge in [0.15, 0.2) is 0 Å². The zero-order valence-electron chi connectivity index (χ0n) is 10.8. The van der Waals surface area contributed by atoms with Crippen LogP contribution in [-0.2, 0) is 6.42 Å². The zero-order valence-corrected chi connectivity index (χ0v) is 11.6. The lowest BCUT2D eigenvalue weighted by Gasteiger charge is -2.14. The molecule has 0 radical (unpaired) electrons. The van der Waals surface area contributed by atoms with Gasteiger partial charge in [0.25, 0.3) is 0 Å². The molecule has 0 unspecified atom stereocenters. The van der Waals surface area contributed by atoms with E-state index < -0.39 is 0 Å². The first-order valence-electron chi connectivity index (χ1n) is 6.08. The third-order valence-electron chi connectivity index (χ3n) is 2.06. The summed E-state index contributed by atoms with van der Waals surface area (Å²) in [5.74, 6) is 1.30. The van der Waals surface area contributed by atoms with Crippen molar-refractivity contribution in [2.24, 2.45) is 0 Å². The number of hydrogen-bond donors (Lipinski definition) is 0. The highest BCUT2D eigenvalue weighted by molar-refractivity contribution is 7.99. The highest BCUT2D eigenvalue weighted by Gasteiger charge is 2.08. The van der Waals surface area contributed by atoms with Crippen molar-refractivity contribution in [3.63, 3.8) is 0 Å². The fourth-order valence-electron chi connectivity index (χ4n) is 1.49. The molecule has 1 aliphatic heterocycles. The van der Waals surface area contributed by atoms with Gasteiger partial charge in [0.05, 0.1) is 0 Å². The molecule has 1 aromatic rings. The second-order valence-electron chi connectivity index (χ2n) is 3.06. The molecule has 15 heavy (non-hydrogen) atoms. The average Bonchev–Trinajstić information content (AvgIpc) is 2.34. The van der Waals surface area contributed by atoms with Crippen LogP contribution in [0.25, 0.3) is 0 Å². The van der Waals surface area contributed by atoms with Gasteiger partial charge in [0.2, 0.25) is 0 Å². The third-order valence-corrected chi connectivity index (χ3v) is 3.27. The number of thioether (sulfide) groups is 1. The molecule has 0 atom stereocenters. The Morgan fingerprint density at radius 3 is 2.40 bits per heavy atom. The summed E-state index contributed by atoms with van der Waals surface area (Å²) in [5.41, 5.74) is 2.95. The summed E-state index contributed by atoms with van der Waals surface area (Å²) in [5, 5.41) is 0. The molecule has 1 aliphatic rings. The zero-order chi connectivity index (χ0) is 11.7. The van der Waals surface area contributed by atoms with Gasteiger partial charge in [0, 0.05) is 4.90 Å². The molecule has 0 nitrogen and oxygen atoms in total. The molecule has 2 rings (SSSR count). The first-order valence-corrected chi connectivity index (χ1v) is 7.07. The Morgan fingerprint density at radius 2 is 1.73 bits per heavy atom. The molecule has 0 fully saturated rings. The molecule has 0 saturated heterocycles. The monoisotopic (exact) mass is 224 g/mol. The van der Waals surface area contributed by atoms with E-state index in [0.29, 0.717) is 0 Å². The summed E-state index contributed by atoms with van der Waals surface area (Å²) >= 11 is 2.00. The molecule has 0 saturated carbocycles. The molecular formula is C14H24S. The smallest absolute Gasteiger partial charge is 0.0104 e. The molecule has 0 bridgehead atoms. The molecule has 1 aromatic carbocycles. The van der Waals surface area contributed by atoms with Gasteiger partial charge in [-0.2, -0.15) is 0 Å². The Hall–Kier alpha value is -0.430. The van der Waals surface area contributed by atoms with Gasteiger partial charge in [-0.05, 0) is 37.1 Å². The van der Waals surface area contributed by atoms with Crippen molar-refractivity contribution >= 4 is 11.8 Å². The van der Waals surface area contributed by atoms with E-state index in [1.165, 1.54) is 29.1 Å². The predicted octanol–water partition coefficient (Wildman–Crippen LogP) is 5.09. The van der Waals surface area contributed by atoms with Crippen LogP contribution in [0.4, 0.5) is 0 Å². The highest BCUT2D eigenvalue weighted by atomic mass is 32.2. The Labute approximate surface area is 99.5 Å². The summed E-state index contributed by atoms with van der Waals surface area (Å²) in [6, 6.07) is 6.78. The molecule has 0 aromatic heterocycles. The van der Waals surface area contributed by atoms with Gasteiger partial charge >= 0.3 is 0 Å². The first kappa shape index (κ1) is 14.6. The molecule has 0 N–H and O–H groups in total. The van der Waals surface area contributed by atoms with Crippen LogP contribution in [-0.4, -0.2) is 5.75 Å². The van der Waals surface area contributed by atoms with E-state index in [4.69, 9.17) is 0 Å². The highest BCUT2D eigenvalue weighted by Crippen LogP contribution is 2.30. The molecular weight excluding hydrogens is 200 g/mol. The number of benzene rings is 1. The van der Waals surface area contributed by atoms with Crippen LogP contribution < -0.4 is 0 Å². The molecule has 86 valence electrons. The van der Waals surface area contributed by atoms with Crippen LogP contribution >= 0.6 is 11.8 Å². The van der Waals surface area contributed by atoms with E-state index in [0.717, 1.165) is 0 Å². The molecule has 1 heterocycles. The average molecular weight is 224 g/mol. The van der Waals surface area contributed by atoms with E-state index in [2.05, 4.69) is 25.1 Å². The summed E-state index contributed by atoms with van der Waals surface area (Å²) in [7, 11) is 0. The maximum absolute atomic E-state index is 2.32. The summed E-state index contributed by atoms with van der Waals surface area (Å²) < 4.78 is 0. The van der Waals surface area contributed by atoms with Gasteiger partial charge in [-0.15, -0.1) is 11.8 Å². The largest absolute Gasteiger partial charge is 0.126 e. The minimum atomic E-state index is 1.28. The van der Waals surface area contributed by atoms with Gasteiger partial charge in [-0.1, -0.05) is 45.4 Å². The van der Waals surface area contributed by atoms with Crippen LogP contribution in [0, 0.1) is 6.92 Å². The Kier molecular flexibility index (Phi) is 8.59. The Morgan fingerprint density at radius 1 is 1.07 bits per heavy atom. The minimum absolute atomic E-state index is 1.28. The van der Waals surface area contributed by atoms with Crippen molar-refractivity contribution in [2.45, 2.75) is 52.4 Å². The van der Waals surface area contributed by atoms with E-state index in [-0.39, 0.29) is 0 Å². The van der Waals surface area contributed by atoms with Gasteiger partial charge in [0.1, 0.15) is 0 Å². The van der Waals surface area contributed by atoms with E-state index >= 15 is 0 Å². The SMILES string of the molecule is CC.CC.Cc1ccc2c(c1)CCCS2. The third kappa shape index (κ3) is 4.74. The van der Waals surface area contributed by atoms with Gasteiger partial charge in [-0.25, -0.2) is 0 Å². The van der Waals surface area contributed by atoms with Crippen LogP contribution in [0.2, 0.25) is 0 Å². The van der Waals surface area contributed by atoms with E-state index in [1.54, 1.807) is 5.56 Å². The van der Waals surface area contributed by atoms with Crippen LogP contribution in [0.5, 0.6) is 0 Å². The second kappa shape index (κ2) is 8.84. The van der Waals surface area contributed by atoms with Gasteiger partial charge in [-0.3, -0.25) is 0 Å². The van der Waals surface area contributed by atoms with Gasteiger partial charge < -0.3 is 0 Å². The minimum Gasteiger partial charge on any atom is -0.126 e. The van der Waals surface area contributed by atoms with Crippen LogP contribution in [0.3, 0.4) is 0 Å². The van der Waals surface area contributed by atoms with E-state index in [1.807, 2.05) is 39.5 Å². The quantitative estimate of drug-likeness (QED) is 0.592. The summed E-state index contributed by atoms with van der Waals surface area (Å²) in [6.45, 7) is 10.2. The molecule has 1 heteroatoms.